The van der Waals surface area contributed by atoms with Crippen LogP contribution in [-0.4, -0.2) is 44.7 Å². The van der Waals surface area contributed by atoms with Crippen molar-refractivity contribution in [3.63, 3.8) is 0 Å². The first-order valence-corrected chi connectivity index (χ1v) is 11.6. The number of amides is 2. The molecule has 1 fully saturated rings. The SMILES string of the molecule is COc1ccc(S(=O)(=O)N2CCCCCC2)cc1C(=O)NC(C(N)=O)c1ccccc1. The van der Waals surface area contributed by atoms with Crippen molar-refractivity contribution in [2.24, 2.45) is 5.73 Å². The lowest BCUT2D eigenvalue weighted by atomic mass is 10.1. The number of carbonyl (C=O) groups excluding carboxylic acids is 2. The van der Waals surface area contributed by atoms with Crippen molar-refractivity contribution in [1.82, 2.24) is 9.62 Å². The predicted octanol–water partition coefficient (Wildman–Crippen LogP) is 2.22. The highest BCUT2D eigenvalue weighted by molar-refractivity contribution is 7.89. The van der Waals surface area contributed by atoms with Crippen molar-refractivity contribution in [1.29, 1.82) is 0 Å². The van der Waals surface area contributed by atoms with Gasteiger partial charge in [-0.3, -0.25) is 9.59 Å². The van der Waals surface area contributed by atoms with E-state index in [0.717, 1.165) is 25.7 Å². The Morgan fingerprint density at radius 1 is 1.03 bits per heavy atom. The van der Waals surface area contributed by atoms with Crippen LogP contribution in [0.5, 0.6) is 5.75 Å². The number of sulfonamides is 1. The largest absolute Gasteiger partial charge is 0.496 e. The Kier molecular flexibility index (Phi) is 7.29. The molecular weight excluding hydrogens is 418 g/mol. The molecule has 8 nitrogen and oxygen atoms in total. The zero-order valence-corrected chi connectivity index (χ0v) is 18.2. The molecule has 0 aliphatic carbocycles. The summed E-state index contributed by atoms with van der Waals surface area (Å²) in [6.45, 7) is 0.904. The second-order valence-electron chi connectivity index (χ2n) is 7.40. The maximum absolute atomic E-state index is 13.1. The summed E-state index contributed by atoms with van der Waals surface area (Å²) in [6.07, 6.45) is 3.60. The number of nitrogens with zero attached hydrogens (tertiary/aromatic N) is 1. The Morgan fingerprint density at radius 2 is 1.68 bits per heavy atom. The van der Waals surface area contributed by atoms with E-state index in [1.54, 1.807) is 30.3 Å². The highest BCUT2D eigenvalue weighted by atomic mass is 32.2. The number of nitrogens with two attached hydrogens (primary N) is 1. The minimum atomic E-state index is -3.76. The molecule has 1 aliphatic heterocycles. The number of benzene rings is 2. The summed E-state index contributed by atoms with van der Waals surface area (Å²) in [5, 5.41) is 2.59. The van der Waals surface area contributed by atoms with Gasteiger partial charge in [0, 0.05) is 13.1 Å². The van der Waals surface area contributed by atoms with E-state index in [0.29, 0.717) is 18.7 Å². The first-order valence-electron chi connectivity index (χ1n) is 10.2. The summed E-state index contributed by atoms with van der Waals surface area (Å²) in [5.41, 5.74) is 6.03. The van der Waals surface area contributed by atoms with Gasteiger partial charge in [0.05, 0.1) is 17.6 Å². The maximum atomic E-state index is 13.1. The third-order valence-corrected chi connectivity index (χ3v) is 7.21. The minimum Gasteiger partial charge on any atom is -0.496 e. The molecule has 0 aromatic heterocycles. The highest BCUT2D eigenvalue weighted by Gasteiger charge is 2.28. The average Bonchev–Trinajstić information content (AvgIpc) is 3.07. The first kappa shape index (κ1) is 22.8. The third kappa shape index (κ3) is 5.23. The van der Waals surface area contributed by atoms with Gasteiger partial charge in [0.2, 0.25) is 15.9 Å². The maximum Gasteiger partial charge on any atom is 0.255 e. The van der Waals surface area contributed by atoms with E-state index in [-0.39, 0.29) is 16.2 Å². The predicted molar refractivity (Wildman–Crippen MR) is 116 cm³/mol. The number of hydrogen-bond acceptors (Lipinski definition) is 5. The normalized spacial score (nSPS) is 16.2. The Hall–Kier alpha value is -2.91. The topological polar surface area (TPSA) is 119 Å². The fraction of sp³-hybridized carbons (Fsp3) is 0.364. The molecule has 0 bridgehead atoms. The van der Waals surface area contributed by atoms with E-state index in [1.165, 1.54) is 29.6 Å². The summed E-state index contributed by atoms with van der Waals surface area (Å²) < 4.78 is 33.0. The van der Waals surface area contributed by atoms with Crippen molar-refractivity contribution in [2.45, 2.75) is 36.6 Å². The number of nitrogens with one attached hydrogen (secondary N) is 1. The second kappa shape index (κ2) is 9.93. The molecule has 1 saturated heterocycles. The van der Waals surface area contributed by atoms with Gasteiger partial charge in [0.1, 0.15) is 11.8 Å². The lowest BCUT2D eigenvalue weighted by Gasteiger charge is -2.21. The van der Waals surface area contributed by atoms with Crippen molar-refractivity contribution >= 4 is 21.8 Å². The fourth-order valence-corrected chi connectivity index (χ4v) is 5.17. The van der Waals surface area contributed by atoms with Crippen molar-refractivity contribution in [3.05, 3.63) is 59.7 Å². The molecule has 1 heterocycles. The van der Waals surface area contributed by atoms with Crippen LogP contribution in [0.25, 0.3) is 0 Å². The fourth-order valence-electron chi connectivity index (χ4n) is 3.63. The molecule has 3 rings (SSSR count). The molecule has 2 aromatic carbocycles. The molecule has 166 valence electrons. The van der Waals surface area contributed by atoms with E-state index < -0.39 is 27.9 Å². The van der Waals surface area contributed by atoms with Gasteiger partial charge in [0.25, 0.3) is 5.91 Å². The summed E-state index contributed by atoms with van der Waals surface area (Å²) in [6, 6.07) is 11.7. The lowest BCUT2D eigenvalue weighted by molar-refractivity contribution is -0.120. The smallest absolute Gasteiger partial charge is 0.255 e. The van der Waals surface area contributed by atoms with Crippen LogP contribution < -0.4 is 15.8 Å². The van der Waals surface area contributed by atoms with Crippen LogP contribution in [0, 0.1) is 0 Å². The number of ether oxygens (including phenoxy) is 1. The molecule has 1 aliphatic rings. The number of methoxy groups -OCH3 is 1. The second-order valence-corrected chi connectivity index (χ2v) is 9.34. The Labute approximate surface area is 182 Å². The molecule has 1 atom stereocenters. The van der Waals surface area contributed by atoms with Gasteiger partial charge >= 0.3 is 0 Å². The van der Waals surface area contributed by atoms with Gasteiger partial charge < -0.3 is 15.8 Å². The number of primary amides is 1. The molecule has 0 spiro atoms. The lowest BCUT2D eigenvalue weighted by Crippen LogP contribution is -2.37. The van der Waals surface area contributed by atoms with Gasteiger partial charge in [-0.1, -0.05) is 43.2 Å². The van der Waals surface area contributed by atoms with Crippen molar-refractivity contribution < 1.29 is 22.7 Å². The standard InChI is InChI=1S/C22H27N3O5S/c1-30-19-12-11-17(31(28,29)25-13-7-2-3-8-14-25)15-18(19)22(27)24-20(21(23)26)16-9-5-4-6-10-16/h4-6,9-12,15,20H,2-3,7-8,13-14H2,1H3,(H2,23,26)(H,24,27). The zero-order valence-electron chi connectivity index (χ0n) is 17.4. The molecule has 9 heteroatoms. The van der Waals surface area contributed by atoms with E-state index in [9.17, 15) is 18.0 Å². The Balaban J connectivity index is 1.92. The van der Waals surface area contributed by atoms with Crippen LogP contribution in [0.15, 0.2) is 53.4 Å². The van der Waals surface area contributed by atoms with Gasteiger partial charge in [0.15, 0.2) is 0 Å². The molecule has 1 unspecified atom stereocenters. The molecule has 31 heavy (non-hydrogen) atoms. The summed E-state index contributed by atoms with van der Waals surface area (Å²) in [7, 11) is -2.37. The first-order chi connectivity index (χ1) is 14.8. The zero-order chi connectivity index (χ0) is 22.4. The number of rotatable bonds is 7. The molecule has 0 radical (unpaired) electrons. The van der Waals surface area contributed by atoms with Crippen LogP contribution in [0.4, 0.5) is 0 Å². The molecule has 2 amide bonds. The van der Waals surface area contributed by atoms with E-state index in [2.05, 4.69) is 5.32 Å². The third-order valence-electron chi connectivity index (χ3n) is 5.31. The quantitative estimate of drug-likeness (QED) is 0.677. The Morgan fingerprint density at radius 3 is 2.26 bits per heavy atom. The van der Waals surface area contributed by atoms with Gasteiger partial charge in [-0.15, -0.1) is 0 Å². The van der Waals surface area contributed by atoms with E-state index >= 15 is 0 Å². The van der Waals surface area contributed by atoms with E-state index in [1.807, 2.05) is 0 Å². The van der Waals surface area contributed by atoms with Crippen molar-refractivity contribution in [3.8, 4) is 5.75 Å². The summed E-state index contributed by atoms with van der Waals surface area (Å²) in [4.78, 5) is 25.0. The number of hydrogen-bond donors (Lipinski definition) is 2. The molecule has 2 aromatic rings. The summed E-state index contributed by atoms with van der Waals surface area (Å²) in [5.74, 6) is -1.19. The molecule has 3 N–H and O–H groups in total. The number of carbonyl (C=O) groups is 2. The van der Waals surface area contributed by atoms with Crippen molar-refractivity contribution in [2.75, 3.05) is 20.2 Å². The Bertz CT molecular complexity index is 1030. The van der Waals surface area contributed by atoms with E-state index in [4.69, 9.17) is 10.5 Å². The van der Waals surface area contributed by atoms with Crippen LogP contribution in [0.2, 0.25) is 0 Å². The molecule has 0 saturated carbocycles. The van der Waals surface area contributed by atoms with Gasteiger partial charge in [-0.25, -0.2) is 8.42 Å². The highest BCUT2D eigenvalue weighted by Crippen LogP contribution is 2.27. The molecular formula is C22H27N3O5S. The van der Waals surface area contributed by atoms with Crippen LogP contribution in [0.1, 0.15) is 47.6 Å². The van der Waals surface area contributed by atoms with Gasteiger partial charge in [-0.05, 0) is 36.6 Å². The van der Waals surface area contributed by atoms with Crippen LogP contribution in [0.3, 0.4) is 0 Å². The minimum absolute atomic E-state index is 0.00989. The summed E-state index contributed by atoms with van der Waals surface area (Å²) >= 11 is 0. The van der Waals surface area contributed by atoms with Crippen LogP contribution in [-0.2, 0) is 14.8 Å². The van der Waals surface area contributed by atoms with Gasteiger partial charge in [-0.2, -0.15) is 4.31 Å². The monoisotopic (exact) mass is 445 g/mol. The van der Waals surface area contributed by atoms with Crippen LogP contribution >= 0.6 is 0 Å². The average molecular weight is 446 g/mol.